The van der Waals surface area contributed by atoms with E-state index in [2.05, 4.69) is 37.3 Å². The highest BCUT2D eigenvalue weighted by Gasteiger charge is 2.24. The van der Waals surface area contributed by atoms with E-state index in [1.807, 2.05) is 53.4 Å². The number of carbonyl (C=O) groups is 1. The van der Waals surface area contributed by atoms with Crippen molar-refractivity contribution in [3.8, 4) is 0 Å². The highest BCUT2D eigenvalue weighted by Crippen LogP contribution is 2.26. The molecule has 0 spiro atoms. The summed E-state index contributed by atoms with van der Waals surface area (Å²) in [4.78, 5) is 19.9. The number of nitrogens with zero attached hydrogens (tertiary/aromatic N) is 2. The Morgan fingerprint density at radius 2 is 1.57 bits per heavy atom. The molecule has 4 rings (SSSR count). The SMILES string of the molecule is CCCCCN1CCc2cc(N=C(c3ccccc3)c3ccccc3)ccc2C1=O. The molecule has 0 radical (unpaired) electrons. The van der Waals surface area contributed by atoms with Crippen molar-refractivity contribution in [2.24, 2.45) is 4.99 Å². The van der Waals surface area contributed by atoms with Gasteiger partial charge in [0.25, 0.3) is 5.91 Å². The summed E-state index contributed by atoms with van der Waals surface area (Å²) >= 11 is 0. The predicted molar refractivity (Wildman–Crippen MR) is 124 cm³/mol. The van der Waals surface area contributed by atoms with Crippen molar-refractivity contribution in [3.63, 3.8) is 0 Å². The van der Waals surface area contributed by atoms with E-state index >= 15 is 0 Å². The molecule has 3 nitrogen and oxygen atoms in total. The molecule has 0 saturated heterocycles. The Hall–Kier alpha value is -3.20. The van der Waals surface area contributed by atoms with Crippen LogP contribution >= 0.6 is 0 Å². The van der Waals surface area contributed by atoms with Gasteiger partial charge in [-0.15, -0.1) is 0 Å². The van der Waals surface area contributed by atoms with Gasteiger partial charge < -0.3 is 4.90 Å². The number of carbonyl (C=O) groups excluding carboxylic acids is 1. The maximum atomic E-state index is 12.9. The van der Waals surface area contributed by atoms with Gasteiger partial charge in [0, 0.05) is 29.8 Å². The minimum absolute atomic E-state index is 0.161. The van der Waals surface area contributed by atoms with Gasteiger partial charge in [-0.3, -0.25) is 4.79 Å². The molecular formula is C27H28N2O. The first-order chi connectivity index (χ1) is 14.8. The lowest BCUT2D eigenvalue weighted by Crippen LogP contribution is -2.38. The molecule has 0 bridgehead atoms. The van der Waals surface area contributed by atoms with E-state index in [1.54, 1.807) is 0 Å². The van der Waals surface area contributed by atoms with E-state index in [1.165, 1.54) is 12.8 Å². The summed E-state index contributed by atoms with van der Waals surface area (Å²) < 4.78 is 0. The first-order valence-electron chi connectivity index (χ1n) is 10.9. The Morgan fingerprint density at radius 3 is 2.20 bits per heavy atom. The molecule has 3 heteroatoms. The summed E-state index contributed by atoms with van der Waals surface area (Å²) in [5, 5.41) is 0. The average Bonchev–Trinajstić information content (AvgIpc) is 2.80. The molecule has 0 unspecified atom stereocenters. The number of unbranched alkanes of at least 4 members (excludes halogenated alkanes) is 2. The zero-order chi connectivity index (χ0) is 20.8. The number of fused-ring (bicyclic) bond motifs is 1. The van der Waals surface area contributed by atoms with E-state index in [0.717, 1.165) is 59.6 Å². The standard InChI is InChI=1S/C27H28N2O/c1-2-3-10-18-29-19-17-23-20-24(15-16-25(23)27(29)30)28-26(21-11-6-4-7-12-21)22-13-8-5-9-14-22/h4-9,11-16,20H,2-3,10,17-19H2,1H3. The zero-order valence-electron chi connectivity index (χ0n) is 17.6. The normalized spacial score (nSPS) is 13.1. The fourth-order valence-electron chi connectivity index (χ4n) is 3.98. The number of benzene rings is 3. The molecule has 0 atom stereocenters. The summed E-state index contributed by atoms with van der Waals surface area (Å²) in [6.45, 7) is 3.85. The van der Waals surface area contributed by atoms with Gasteiger partial charge in [0.15, 0.2) is 0 Å². The van der Waals surface area contributed by atoms with Gasteiger partial charge >= 0.3 is 0 Å². The van der Waals surface area contributed by atoms with Gasteiger partial charge in [0.2, 0.25) is 0 Å². The second kappa shape index (κ2) is 9.53. The van der Waals surface area contributed by atoms with Gasteiger partial charge in [-0.2, -0.15) is 0 Å². The van der Waals surface area contributed by atoms with Crippen LogP contribution < -0.4 is 0 Å². The van der Waals surface area contributed by atoms with E-state index in [0.29, 0.717) is 0 Å². The van der Waals surface area contributed by atoms with Crippen LogP contribution in [0.3, 0.4) is 0 Å². The molecule has 0 fully saturated rings. The molecule has 152 valence electrons. The number of aliphatic imine (C=N–C) groups is 1. The Morgan fingerprint density at radius 1 is 0.900 bits per heavy atom. The van der Waals surface area contributed by atoms with E-state index < -0.39 is 0 Å². The van der Waals surface area contributed by atoms with Crippen molar-refractivity contribution in [1.82, 2.24) is 4.90 Å². The summed E-state index contributed by atoms with van der Waals surface area (Å²) in [6.07, 6.45) is 4.32. The Balaban J connectivity index is 1.64. The van der Waals surface area contributed by atoms with Crippen LogP contribution in [0.25, 0.3) is 0 Å². The van der Waals surface area contributed by atoms with Crippen LogP contribution in [0.5, 0.6) is 0 Å². The average molecular weight is 397 g/mol. The summed E-state index contributed by atoms with van der Waals surface area (Å²) in [5.41, 5.74) is 5.94. The number of hydrogen-bond donors (Lipinski definition) is 0. The van der Waals surface area contributed by atoms with Crippen molar-refractivity contribution in [1.29, 1.82) is 0 Å². The lowest BCUT2D eigenvalue weighted by Gasteiger charge is -2.28. The van der Waals surface area contributed by atoms with E-state index in [4.69, 9.17) is 4.99 Å². The van der Waals surface area contributed by atoms with Crippen molar-refractivity contribution < 1.29 is 4.79 Å². The molecule has 0 aliphatic carbocycles. The second-order valence-corrected chi connectivity index (χ2v) is 7.78. The van der Waals surface area contributed by atoms with Crippen molar-refractivity contribution in [2.45, 2.75) is 32.6 Å². The Labute approximate surface area is 179 Å². The molecule has 0 saturated carbocycles. The molecule has 1 heterocycles. The minimum atomic E-state index is 0.161. The monoisotopic (exact) mass is 396 g/mol. The maximum Gasteiger partial charge on any atom is 0.254 e. The quantitative estimate of drug-likeness (QED) is 0.354. The molecule has 3 aromatic rings. The third-order valence-electron chi connectivity index (χ3n) is 5.62. The minimum Gasteiger partial charge on any atom is -0.338 e. The first-order valence-corrected chi connectivity index (χ1v) is 10.9. The second-order valence-electron chi connectivity index (χ2n) is 7.78. The third-order valence-corrected chi connectivity index (χ3v) is 5.62. The summed E-state index contributed by atoms with van der Waals surface area (Å²) in [7, 11) is 0. The predicted octanol–water partition coefficient (Wildman–Crippen LogP) is 6.04. The maximum absolute atomic E-state index is 12.9. The van der Waals surface area contributed by atoms with Gasteiger partial charge in [-0.05, 0) is 36.6 Å². The smallest absolute Gasteiger partial charge is 0.254 e. The summed E-state index contributed by atoms with van der Waals surface area (Å²) in [5.74, 6) is 0.161. The van der Waals surface area contributed by atoms with Gasteiger partial charge in [0.1, 0.15) is 0 Å². The number of amides is 1. The van der Waals surface area contributed by atoms with Crippen molar-refractivity contribution in [3.05, 3.63) is 101 Å². The number of rotatable bonds is 7. The van der Waals surface area contributed by atoms with Crippen LogP contribution in [0.1, 0.15) is 53.2 Å². The Kier molecular flexibility index (Phi) is 6.38. The lowest BCUT2D eigenvalue weighted by molar-refractivity contribution is 0.0737. The van der Waals surface area contributed by atoms with Crippen LogP contribution in [0.4, 0.5) is 5.69 Å². The third kappa shape index (κ3) is 4.51. The Bertz CT molecular complexity index is 984. The molecule has 1 amide bonds. The largest absolute Gasteiger partial charge is 0.338 e. The zero-order valence-corrected chi connectivity index (χ0v) is 17.6. The molecular weight excluding hydrogens is 368 g/mol. The topological polar surface area (TPSA) is 32.7 Å². The van der Waals surface area contributed by atoms with E-state index in [-0.39, 0.29) is 5.91 Å². The first kappa shape index (κ1) is 20.1. The molecule has 1 aliphatic heterocycles. The van der Waals surface area contributed by atoms with Crippen LogP contribution in [0.15, 0.2) is 83.9 Å². The summed E-state index contributed by atoms with van der Waals surface area (Å²) in [6, 6.07) is 26.5. The lowest BCUT2D eigenvalue weighted by atomic mass is 9.97. The molecule has 3 aromatic carbocycles. The van der Waals surface area contributed by atoms with Crippen LogP contribution in [0, 0.1) is 0 Å². The van der Waals surface area contributed by atoms with Crippen LogP contribution in [0.2, 0.25) is 0 Å². The molecule has 0 aromatic heterocycles. The fraction of sp³-hybridized carbons (Fsp3) is 0.259. The number of hydrogen-bond acceptors (Lipinski definition) is 2. The van der Waals surface area contributed by atoms with E-state index in [9.17, 15) is 4.79 Å². The molecule has 30 heavy (non-hydrogen) atoms. The molecule has 0 N–H and O–H groups in total. The highest BCUT2D eigenvalue weighted by molar-refractivity contribution is 6.14. The van der Waals surface area contributed by atoms with Gasteiger partial charge in [-0.1, -0.05) is 80.4 Å². The fourth-order valence-corrected chi connectivity index (χ4v) is 3.98. The van der Waals surface area contributed by atoms with Gasteiger partial charge in [0.05, 0.1) is 11.4 Å². The highest BCUT2D eigenvalue weighted by atomic mass is 16.2. The van der Waals surface area contributed by atoms with Gasteiger partial charge in [-0.25, -0.2) is 4.99 Å². The van der Waals surface area contributed by atoms with Crippen LogP contribution in [-0.4, -0.2) is 29.6 Å². The molecule has 1 aliphatic rings. The van der Waals surface area contributed by atoms with Crippen molar-refractivity contribution in [2.75, 3.05) is 13.1 Å². The van der Waals surface area contributed by atoms with Crippen molar-refractivity contribution >= 4 is 17.3 Å². The van der Waals surface area contributed by atoms with Crippen LogP contribution in [-0.2, 0) is 6.42 Å².